The minimum Gasteiger partial charge on any atom is -0.483 e. The predicted octanol–water partition coefficient (Wildman–Crippen LogP) is 7.87. The summed E-state index contributed by atoms with van der Waals surface area (Å²) in [7, 11) is 0. The summed E-state index contributed by atoms with van der Waals surface area (Å²) >= 11 is 0. The van der Waals surface area contributed by atoms with E-state index < -0.39 is 29.9 Å². The molecule has 2 aliphatic carbocycles. The highest BCUT2D eigenvalue weighted by molar-refractivity contribution is 5.54. The van der Waals surface area contributed by atoms with Crippen molar-refractivity contribution in [2.24, 2.45) is 0 Å². The van der Waals surface area contributed by atoms with E-state index in [1.807, 2.05) is 42.5 Å². The van der Waals surface area contributed by atoms with Gasteiger partial charge in [-0.1, -0.05) is 54.6 Å². The highest BCUT2D eigenvalue weighted by Crippen LogP contribution is 2.43. The van der Waals surface area contributed by atoms with Crippen molar-refractivity contribution in [1.82, 2.24) is 10.2 Å². The average molecular weight is 535 g/mol. The average Bonchev–Trinajstić information content (AvgIpc) is 2.90. The van der Waals surface area contributed by atoms with Crippen LogP contribution in [0.25, 0.3) is 6.08 Å². The van der Waals surface area contributed by atoms with Gasteiger partial charge >= 0.3 is 12.4 Å². The molecule has 0 saturated carbocycles. The predicted molar refractivity (Wildman–Crippen MR) is 130 cm³/mol. The maximum atomic E-state index is 13.3. The fourth-order valence-electron chi connectivity index (χ4n) is 3.95. The molecule has 0 saturated heterocycles. The van der Waals surface area contributed by atoms with Crippen molar-refractivity contribution in [3.8, 4) is 11.6 Å². The molecule has 0 amide bonds. The van der Waals surface area contributed by atoms with E-state index in [0.29, 0.717) is 6.08 Å². The van der Waals surface area contributed by atoms with Gasteiger partial charge in [0.25, 0.3) is 5.88 Å². The molecule has 0 aliphatic heterocycles. The van der Waals surface area contributed by atoms with Gasteiger partial charge in [-0.15, -0.1) is 10.2 Å². The van der Waals surface area contributed by atoms with Crippen LogP contribution in [0.5, 0.6) is 11.6 Å². The largest absolute Gasteiger partial charge is 0.483 e. The van der Waals surface area contributed by atoms with Crippen molar-refractivity contribution >= 4 is 6.08 Å². The normalized spacial score (nSPS) is 16.5. The molecule has 4 nitrogen and oxygen atoms in total. The van der Waals surface area contributed by atoms with Crippen molar-refractivity contribution in [1.29, 1.82) is 0 Å². The quantitative estimate of drug-likeness (QED) is 0.324. The number of ether oxygens (including phenoxy) is 2. The molecule has 0 bridgehead atoms. The molecule has 1 heterocycles. The number of alkyl halides is 6. The smallest absolute Gasteiger partial charge is 0.416 e. The summed E-state index contributed by atoms with van der Waals surface area (Å²) in [6, 6.07) is 10.9. The highest BCUT2D eigenvalue weighted by Gasteiger charge is 2.45. The number of hydrogen-bond acceptors (Lipinski definition) is 4. The molecule has 0 spiro atoms. The summed E-state index contributed by atoms with van der Waals surface area (Å²) in [4.78, 5) is 0. The molecule has 2 aromatic rings. The van der Waals surface area contributed by atoms with Crippen molar-refractivity contribution in [3.63, 3.8) is 0 Å². The van der Waals surface area contributed by atoms with Crippen LogP contribution in [0.1, 0.15) is 36.9 Å². The van der Waals surface area contributed by atoms with Gasteiger partial charge in [-0.25, -0.2) is 0 Å². The highest BCUT2D eigenvalue weighted by atomic mass is 19.4. The zero-order valence-electron chi connectivity index (χ0n) is 20.1. The van der Waals surface area contributed by atoms with Crippen LogP contribution < -0.4 is 9.47 Å². The zero-order valence-corrected chi connectivity index (χ0v) is 20.1. The van der Waals surface area contributed by atoms with E-state index in [9.17, 15) is 26.3 Å². The number of rotatable bonds is 8. The van der Waals surface area contributed by atoms with Gasteiger partial charge in [0.15, 0.2) is 5.75 Å². The van der Waals surface area contributed by atoms with Crippen LogP contribution in [0.4, 0.5) is 26.3 Å². The lowest BCUT2D eigenvalue weighted by Gasteiger charge is -2.22. The third kappa shape index (κ3) is 7.36. The van der Waals surface area contributed by atoms with Gasteiger partial charge in [0.1, 0.15) is 13.2 Å². The summed E-state index contributed by atoms with van der Waals surface area (Å²) < 4.78 is 91.0. The second-order valence-electron chi connectivity index (χ2n) is 8.73. The van der Waals surface area contributed by atoms with Gasteiger partial charge < -0.3 is 9.47 Å². The number of allylic oxidation sites excluding steroid dienone is 8. The Bertz CT molecular complexity index is 1290. The molecule has 0 fully saturated rings. The number of aromatic nitrogens is 2. The monoisotopic (exact) mass is 534 g/mol. The van der Waals surface area contributed by atoms with Crippen LogP contribution in [0.3, 0.4) is 0 Å². The van der Waals surface area contributed by atoms with Gasteiger partial charge in [0.2, 0.25) is 0 Å². The molecule has 1 aromatic carbocycles. The van der Waals surface area contributed by atoms with E-state index in [1.165, 1.54) is 18.2 Å². The van der Waals surface area contributed by atoms with E-state index in [-0.39, 0.29) is 42.5 Å². The van der Waals surface area contributed by atoms with Crippen LogP contribution in [-0.2, 0) is 6.61 Å². The first kappa shape index (κ1) is 27.2. The molecule has 0 N–H and O–H groups in total. The molecule has 0 atom stereocenters. The fraction of sp³-hybridized carbons (Fsp3) is 0.286. The van der Waals surface area contributed by atoms with Crippen molar-refractivity contribution < 1.29 is 35.8 Å². The van der Waals surface area contributed by atoms with E-state index in [4.69, 9.17) is 9.47 Å². The Hall–Kier alpha value is -3.82. The topological polar surface area (TPSA) is 44.2 Å². The first-order valence-corrected chi connectivity index (χ1v) is 11.9. The Morgan fingerprint density at radius 3 is 2.32 bits per heavy atom. The zero-order chi connectivity index (χ0) is 27.2. The Morgan fingerprint density at radius 2 is 1.63 bits per heavy atom. The van der Waals surface area contributed by atoms with Gasteiger partial charge in [0.05, 0.1) is 11.3 Å². The maximum absolute atomic E-state index is 13.3. The Labute approximate surface area is 215 Å². The van der Waals surface area contributed by atoms with Crippen molar-refractivity contribution in [2.75, 3.05) is 6.61 Å². The van der Waals surface area contributed by atoms with Crippen molar-refractivity contribution in [2.45, 2.75) is 44.6 Å². The first-order chi connectivity index (χ1) is 18.1. The molecule has 1 aromatic heterocycles. The standard InChI is InChI=1S/C28H24F6N2O2/c29-27(30,31)23-14-12-19(15-24(23)28(32,33)34)11-13-22-16-25(37-17-20-7-3-1-4-8-20)26(36-35-22)38-18-21-9-5-2-6-10-21/h1-5,7-9,11,13,15-16H,6,10,12,14,17-18H2/b13-11+. The minimum atomic E-state index is -5.12. The molecular formula is C28H24F6N2O2. The fourth-order valence-corrected chi connectivity index (χ4v) is 3.95. The van der Waals surface area contributed by atoms with Gasteiger partial charge in [-0.05, 0) is 54.5 Å². The van der Waals surface area contributed by atoms with E-state index in [0.717, 1.165) is 24.0 Å². The number of halogens is 6. The molecule has 0 radical (unpaired) electrons. The van der Waals surface area contributed by atoms with Crippen LogP contribution in [0.2, 0.25) is 0 Å². The third-order valence-electron chi connectivity index (χ3n) is 5.91. The number of hydrogen-bond donors (Lipinski definition) is 0. The van der Waals surface area contributed by atoms with Gasteiger partial charge in [-0.3, -0.25) is 0 Å². The van der Waals surface area contributed by atoms with Crippen LogP contribution in [-0.4, -0.2) is 29.2 Å². The minimum absolute atomic E-state index is 0.0940. The van der Waals surface area contributed by atoms with Crippen LogP contribution in [0.15, 0.2) is 89.1 Å². The van der Waals surface area contributed by atoms with Crippen LogP contribution >= 0.6 is 0 Å². The van der Waals surface area contributed by atoms with Crippen molar-refractivity contribution in [3.05, 3.63) is 100 Å². The summed E-state index contributed by atoms with van der Waals surface area (Å²) in [6.07, 6.45) is -0.163. The molecule has 38 heavy (non-hydrogen) atoms. The maximum Gasteiger partial charge on any atom is 0.416 e. The first-order valence-electron chi connectivity index (χ1n) is 11.9. The second kappa shape index (κ2) is 11.7. The molecule has 2 aliphatic rings. The summed E-state index contributed by atoms with van der Waals surface area (Å²) in [5.41, 5.74) is -0.931. The molecule has 200 valence electrons. The molecule has 10 heteroatoms. The van der Waals surface area contributed by atoms with Gasteiger partial charge in [-0.2, -0.15) is 26.3 Å². The number of nitrogens with zero attached hydrogens (tertiary/aromatic N) is 2. The molecule has 0 unspecified atom stereocenters. The summed E-state index contributed by atoms with van der Waals surface area (Å²) in [5, 5.41) is 8.13. The lowest BCUT2D eigenvalue weighted by Crippen LogP contribution is -2.23. The third-order valence-corrected chi connectivity index (χ3v) is 5.91. The number of benzene rings is 1. The van der Waals surface area contributed by atoms with E-state index >= 15 is 0 Å². The lowest BCUT2D eigenvalue weighted by molar-refractivity contribution is -0.115. The SMILES string of the molecule is FC(F)(F)C1=C(C(F)(F)F)CCC(/C=C/c2cc(OCc3ccccc3)c(OCC3=CC=CCC3)nn2)=C1. The van der Waals surface area contributed by atoms with E-state index in [2.05, 4.69) is 16.3 Å². The summed E-state index contributed by atoms with van der Waals surface area (Å²) in [6.45, 7) is 0.499. The molecule has 4 rings (SSSR count). The Kier molecular flexibility index (Phi) is 8.38. The Balaban J connectivity index is 1.56. The van der Waals surface area contributed by atoms with Crippen LogP contribution in [0, 0.1) is 0 Å². The second-order valence-corrected chi connectivity index (χ2v) is 8.73. The Morgan fingerprint density at radius 1 is 0.842 bits per heavy atom. The lowest BCUT2D eigenvalue weighted by atomic mass is 9.91. The van der Waals surface area contributed by atoms with Gasteiger partial charge in [0, 0.05) is 11.6 Å². The molecular weight excluding hydrogens is 510 g/mol. The summed E-state index contributed by atoms with van der Waals surface area (Å²) in [5.74, 6) is 0.436. The van der Waals surface area contributed by atoms with E-state index in [1.54, 1.807) is 0 Å².